The van der Waals surface area contributed by atoms with Crippen molar-refractivity contribution in [3.8, 4) is 23.4 Å². The Morgan fingerprint density at radius 2 is 2.03 bits per heavy atom. The molecular formula is C19H15ClN7O3S+. The summed E-state index contributed by atoms with van der Waals surface area (Å²) in [4.78, 5) is 29.0. The zero-order valence-corrected chi connectivity index (χ0v) is 17.8. The second-order valence-electron chi connectivity index (χ2n) is 6.27. The number of halogens is 1. The van der Waals surface area contributed by atoms with Gasteiger partial charge in [-0.25, -0.2) is 9.78 Å². The van der Waals surface area contributed by atoms with Crippen LogP contribution in [-0.4, -0.2) is 21.4 Å². The van der Waals surface area contributed by atoms with Gasteiger partial charge in [0.15, 0.2) is 7.05 Å². The molecule has 1 unspecified atom stereocenters. The Hall–Kier alpha value is -3.80. The second kappa shape index (κ2) is 8.92. The van der Waals surface area contributed by atoms with Crippen LogP contribution in [0.5, 0.6) is 0 Å². The number of nitrogens with one attached hydrogen (secondary N) is 2. The minimum absolute atomic E-state index is 0.0174. The first kappa shape index (κ1) is 21.9. The molecule has 0 aliphatic rings. The average Bonchev–Trinajstić information content (AvgIpc) is 3.07. The third-order valence-corrected chi connectivity index (χ3v) is 5.66. The van der Waals surface area contributed by atoms with Gasteiger partial charge < -0.3 is 11.1 Å². The number of anilines is 2. The Morgan fingerprint density at radius 1 is 1.35 bits per heavy atom. The fraction of sp³-hybridized carbons (Fsp3) is 0.158. The number of pyridine rings is 1. The number of hydrogen-bond donors (Lipinski definition) is 3. The van der Waals surface area contributed by atoms with Crippen LogP contribution in [0.1, 0.15) is 18.1 Å². The van der Waals surface area contributed by atoms with E-state index in [-0.39, 0.29) is 39.1 Å². The highest BCUT2D eigenvalue weighted by Gasteiger charge is 2.32. The van der Waals surface area contributed by atoms with Crippen LogP contribution in [0.4, 0.5) is 11.5 Å². The van der Waals surface area contributed by atoms with Crippen molar-refractivity contribution in [3.05, 3.63) is 50.8 Å². The van der Waals surface area contributed by atoms with Crippen LogP contribution in [0.2, 0.25) is 5.02 Å². The number of rotatable bonds is 5. The molecule has 2 aromatic heterocycles. The van der Waals surface area contributed by atoms with E-state index in [0.717, 1.165) is 11.8 Å². The number of benzene rings is 1. The Kier molecular flexibility index (Phi) is 6.30. The van der Waals surface area contributed by atoms with E-state index in [1.165, 1.54) is 11.7 Å². The van der Waals surface area contributed by atoms with Crippen LogP contribution < -0.4 is 21.4 Å². The number of thioether (sulfide) groups is 1. The molecule has 1 amide bonds. The fourth-order valence-electron chi connectivity index (χ4n) is 2.75. The predicted octanol–water partition coefficient (Wildman–Crippen LogP) is 1.95. The second-order valence-corrected chi connectivity index (χ2v) is 8.01. The lowest BCUT2D eigenvalue weighted by Gasteiger charge is -2.14. The summed E-state index contributed by atoms with van der Waals surface area (Å²) in [7, 11) is 1.48. The molecule has 3 aromatic rings. The SMILES string of the molecule is CC(Sc1nc(N)c(C#N)c(-c2c(=O)o[nH][n+]2C)c1C#N)C(=O)Nc1ccccc1Cl. The Morgan fingerprint density at radius 3 is 2.61 bits per heavy atom. The van der Waals surface area contributed by atoms with Crippen LogP contribution in [0.15, 0.2) is 38.6 Å². The van der Waals surface area contributed by atoms with Crippen molar-refractivity contribution in [2.24, 2.45) is 7.05 Å². The lowest BCUT2D eigenvalue weighted by Crippen LogP contribution is -2.34. The third kappa shape index (κ3) is 4.23. The third-order valence-electron chi connectivity index (χ3n) is 4.25. The number of H-pyrrole nitrogens is 1. The first-order chi connectivity index (χ1) is 14.8. The molecule has 0 aliphatic heterocycles. The molecule has 1 aromatic carbocycles. The van der Waals surface area contributed by atoms with Crippen LogP contribution in [0.25, 0.3) is 11.3 Å². The molecule has 156 valence electrons. The van der Waals surface area contributed by atoms with Crippen molar-refractivity contribution in [3.63, 3.8) is 0 Å². The van der Waals surface area contributed by atoms with E-state index in [1.54, 1.807) is 31.2 Å². The van der Waals surface area contributed by atoms with Crippen molar-refractivity contribution < 1.29 is 14.0 Å². The van der Waals surface area contributed by atoms with Gasteiger partial charge in [0.25, 0.3) is 0 Å². The van der Waals surface area contributed by atoms with Crippen LogP contribution in [0, 0.1) is 22.7 Å². The summed E-state index contributed by atoms with van der Waals surface area (Å²) in [6.45, 7) is 1.61. The molecule has 2 heterocycles. The number of para-hydroxylation sites is 1. The maximum atomic E-state index is 12.6. The predicted molar refractivity (Wildman–Crippen MR) is 113 cm³/mol. The molecule has 3 rings (SSSR count). The van der Waals surface area contributed by atoms with Gasteiger partial charge in [0.1, 0.15) is 34.1 Å². The number of hydrogen-bond acceptors (Lipinski definition) is 8. The van der Waals surface area contributed by atoms with Crippen LogP contribution in [-0.2, 0) is 11.8 Å². The molecule has 31 heavy (non-hydrogen) atoms. The highest BCUT2D eigenvalue weighted by Crippen LogP contribution is 2.35. The van der Waals surface area contributed by atoms with Gasteiger partial charge in [-0.1, -0.05) is 40.2 Å². The van der Waals surface area contributed by atoms with Gasteiger partial charge in [-0.3, -0.25) is 9.32 Å². The molecule has 12 heteroatoms. The Balaban J connectivity index is 2.04. The van der Waals surface area contributed by atoms with Gasteiger partial charge in [0, 0.05) is 0 Å². The lowest BCUT2D eigenvalue weighted by molar-refractivity contribution is -0.730. The van der Waals surface area contributed by atoms with E-state index in [4.69, 9.17) is 21.9 Å². The highest BCUT2D eigenvalue weighted by atomic mass is 35.5. The first-order valence-electron chi connectivity index (χ1n) is 8.72. The smallest absolute Gasteiger partial charge is 0.383 e. The van der Waals surface area contributed by atoms with E-state index in [1.807, 2.05) is 12.1 Å². The summed E-state index contributed by atoms with van der Waals surface area (Å²) < 4.78 is 5.97. The lowest BCUT2D eigenvalue weighted by atomic mass is 10.0. The van der Waals surface area contributed by atoms with E-state index in [2.05, 4.69) is 15.6 Å². The number of aryl methyl sites for hydroxylation is 1. The average molecular weight is 457 g/mol. The molecule has 0 saturated carbocycles. The standard InChI is InChI=1S/C19H14ClN7O3S/c1-9(17(28)24-13-6-4-3-5-12(13)20)31-18-11(8-22)14(10(7-21)16(23)25-18)15-19(29)30-26-27(15)2/h3-6,9H,1-2H3,(H3-,23,24,25,26,28,29)/p+1. The molecule has 0 radical (unpaired) electrons. The summed E-state index contributed by atoms with van der Waals surface area (Å²) in [5.74, 6) is -0.571. The molecule has 1 atom stereocenters. The number of carbonyl (C=O) groups excluding carboxylic acids is 1. The molecule has 0 fully saturated rings. The molecule has 0 spiro atoms. The minimum Gasteiger partial charge on any atom is -0.383 e. The molecule has 0 saturated heterocycles. The normalized spacial score (nSPS) is 11.4. The number of amides is 1. The van der Waals surface area contributed by atoms with Crippen molar-refractivity contribution in [2.45, 2.75) is 17.2 Å². The highest BCUT2D eigenvalue weighted by molar-refractivity contribution is 8.00. The van der Waals surface area contributed by atoms with Crippen molar-refractivity contribution in [2.75, 3.05) is 11.1 Å². The number of nitriles is 2. The van der Waals surface area contributed by atoms with Crippen LogP contribution >= 0.6 is 23.4 Å². The van der Waals surface area contributed by atoms with Gasteiger partial charge in [-0.15, -0.1) is 0 Å². The number of aromatic amines is 1. The van der Waals surface area contributed by atoms with Crippen molar-refractivity contribution in [1.82, 2.24) is 10.3 Å². The zero-order valence-electron chi connectivity index (χ0n) is 16.3. The molecule has 4 N–H and O–H groups in total. The molecule has 10 nitrogen and oxygen atoms in total. The largest absolute Gasteiger partial charge is 0.435 e. The summed E-state index contributed by atoms with van der Waals surface area (Å²) in [5.41, 5.74) is 5.27. The number of nitrogen functional groups attached to an aromatic ring is 1. The van der Waals surface area contributed by atoms with E-state index < -0.39 is 10.9 Å². The number of nitrogens with zero attached hydrogens (tertiary/aromatic N) is 4. The number of aromatic nitrogens is 3. The topological polar surface area (TPSA) is 165 Å². The van der Waals surface area contributed by atoms with Gasteiger partial charge in [0.2, 0.25) is 5.91 Å². The summed E-state index contributed by atoms with van der Waals surface area (Å²) in [6, 6.07) is 10.6. The maximum absolute atomic E-state index is 12.6. The van der Waals surface area contributed by atoms with E-state index in [9.17, 15) is 20.1 Å². The van der Waals surface area contributed by atoms with Gasteiger partial charge in [-0.05, 0) is 24.3 Å². The van der Waals surface area contributed by atoms with Crippen molar-refractivity contribution in [1.29, 1.82) is 10.5 Å². The zero-order chi connectivity index (χ0) is 22.7. The maximum Gasteiger partial charge on any atom is 0.435 e. The minimum atomic E-state index is -0.790. The summed E-state index contributed by atoms with van der Waals surface area (Å²) >= 11 is 7.03. The van der Waals surface area contributed by atoms with Crippen LogP contribution in [0.3, 0.4) is 0 Å². The fourth-order valence-corrected chi connectivity index (χ4v) is 3.85. The first-order valence-corrected chi connectivity index (χ1v) is 9.97. The quantitative estimate of drug-likeness (QED) is 0.387. The number of nitrogens with two attached hydrogens (primary N) is 1. The Bertz CT molecular complexity index is 1320. The summed E-state index contributed by atoms with van der Waals surface area (Å²) in [5, 5.41) is 24.1. The van der Waals surface area contributed by atoms with E-state index >= 15 is 0 Å². The monoisotopic (exact) mass is 456 g/mol. The van der Waals surface area contributed by atoms with E-state index in [0.29, 0.717) is 10.7 Å². The molecule has 0 aliphatic carbocycles. The van der Waals surface area contributed by atoms with Crippen molar-refractivity contribution >= 4 is 40.8 Å². The van der Waals surface area contributed by atoms with Gasteiger partial charge in [0.05, 0.1) is 21.5 Å². The number of carbonyl (C=O) groups is 1. The molecule has 0 bridgehead atoms. The van der Waals surface area contributed by atoms with Gasteiger partial charge in [-0.2, -0.15) is 10.5 Å². The molecular weight excluding hydrogens is 442 g/mol. The Labute approximate surface area is 185 Å². The summed E-state index contributed by atoms with van der Waals surface area (Å²) in [6.07, 6.45) is 0. The van der Waals surface area contributed by atoms with Gasteiger partial charge >= 0.3 is 11.3 Å².